The summed E-state index contributed by atoms with van der Waals surface area (Å²) in [6.45, 7) is 0.936. The molecule has 6 heteroatoms. The van der Waals surface area contributed by atoms with Crippen LogP contribution < -0.4 is 10.1 Å². The van der Waals surface area contributed by atoms with Gasteiger partial charge in [-0.05, 0) is 12.1 Å². The first kappa shape index (κ1) is 14.3. The van der Waals surface area contributed by atoms with Gasteiger partial charge >= 0.3 is 0 Å². The first-order chi connectivity index (χ1) is 9.74. The van der Waals surface area contributed by atoms with Crippen molar-refractivity contribution in [2.75, 3.05) is 27.4 Å². The maximum absolute atomic E-state index is 11.8. The summed E-state index contributed by atoms with van der Waals surface area (Å²) in [4.78, 5) is 17.0. The Morgan fingerprint density at radius 3 is 3.10 bits per heavy atom. The summed E-state index contributed by atoms with van der Waals surface area (Å²) in [6, 6.07) is 7.51. The molecule has 1 aromatic rings. The van der Waals surface area contributed by atoms with Crippen LogP contribution in [0.4, 0.5) is 0 Å². The highest BCUT2D eigenvalue weighted by Gasteiger charge is 2.28. The molecule has 1 amide bonds. The summed E-state index contributed by atoms with van der Waals surface area (Å²) < 4.78 is 10.0. The number of hydrogen-bond acceptors (Lipinski definition) is 5. The number of benzene rings is 1. The number of ether oxygens (including phenoxy) is 2. The highest BCUT2D eigenvalue weighted by molar-refractivity contribution is 6.04. The van der Waals surface area contributed by atoms with Gasteiger partial charge < -0.3 is 19.6 Å². The number of methoxy groups -OCH3 is 2. The van der Waals surface area contributed by atoms with Crippen LogP contribution in [-0.2, 0) is 14.4 Å². The van der Waals surface area contributed by atoms with Crippen molar-refractivity contribution < 1.29 is 19.1 Å². The second kappa shape index (κ2) is 6.91. The van der Waals surface area contributed by atoms with Gasteiger partial charge in [0, 0.05) is 25.6 Å². The van der Waals surface area contributed by atoms with E-state index in [2.05, 4.69) is 10.5 Å². The molecule has 2 rings (SSSR count). The lowest BCUT2D eigenvalue weighted by Crippen LogP contribution is -2.36. The van der Waals surface area contributed by atoms with Gasteiger partial charge in [0.1, 0.15) is 5.75 Å². The lowest BCUT2D eigenvalue weighted by atomic mass is 10.0. The molecule has 1 aromatic carbocycles. The average molecular weight is 278 g/mol. The Labute approximate surface area is 117 Å². The van der Waals surface area contributed by atoms with E-state index in [0.717, 1.165) is 17.0 Å². The Kier molecular flexibility index (Phi) is 4.95. The molecule has 108 valence electrons. The van der Waals surface area contributed by atoms with E-state index in [1.807, 2.05) is 24.3 Å². The quantitative estimate of drug-likeness (QED) is 0.787. The first-order valence-electron chi connectivity index (χ1n) is 6.38. The van der Waals surface area contributed by atoms with E-state index >= 15 is 0 Å². The number of rotatable bonds is 6. The molecule has 0 saturated carbocycles. The van der Waals surface area contributed by atoms with Crippen LogP contribution in [0.3, 0.4) is 0 Å². The van der Waals surface area contributed by atoms with Crippen molar-refractivity contribution in [3.63, 3.8) is 0 Å². The third-order valence-corrected chi connectivity index (χ3v) is 2.97. The van der Waals surface area contributed by atoms with Gasteiger partial charge in [0.2, 0.25) is 6.10 Å². The van der Waals surface area contributed by atoms with Crippen LogP contribution in [0.5, 0.6) is 5.75 Å². The molecule has 1 N–H and O–H groups in total. The van der Waals surface area contributed by atoms with Gasteiger partial charge in [-0.1, -0.05) is 17.3 Å². The molecule has 0 spiro atoms. The Hall–Kier alpha value is -2.08. The third-order valence-electron chi connectivity index (χ3n) is 2.97. The summed E-state index contributed by atoms with van der Waals surface area (Å²) in [6.07, 6.45) is -0.125. The largest absolute Gasteiger partial charge is 0.497 e. The number of nitrogens with one attached hydrogen (secondary N) is 1. The lowest BCUT2D eigenvalue weighted by Gasteiger charge is -2.08. The number of nitrogens with zero attached hydrogens (tertiary/aromatic N) is 1. The van der Waals surface area contributed by atoms with Crippen molar-refractivity contribution in [2.24, 2.45) is 5.16 Å². The molecule has 1 atom stereocenters. The van der Waals surface area contributed by atoms with Crippen molar-refractivity contribution in [1.29, 1.82) is 0 Å². The molecule has 0 bridgehead atoms. The molecule has 0 aliphatic carbocycles. The van der Waals surface area contributed by atoms with Gasteiger partial charge in [-0.25, -0.2) is 0 Å². The van der Waals surface area contributed by atoms with Crippen LogP contribution in [0.15, 0.2) is 29.4 Å². The Morgan fingerprint density at radius 2 is 2.35 bits per heavy atom. The molecule has 1 aliphatic heterocycles. The fraction of sp³-hybridized carbons (Fsp3) is 0.429. The summed E-state index contributed by atoms with van der Waals surface area (Å²) in [5, 5.41) is 6.71. The number of amides is 1. The van der Waals surface area contributed by atoms with Gasteiger partial charge in [-0.3, -0.25) is 4.79 Å². The molecular weight excluding hydrogens is 260 g/mol. The normalized spacial score (nSPS) is 17.3. The van der Waals surface area contributed by atoms with E-state index in [1.54, 1.807) is 14.2 Å². The average Bonchev–Trinajstić information content (AvgIpc) is 2.97. The monoisotopic (exact) mass is 278 g/mol. The summed E-state index contributed by atoms with van der Waals surface area (Å²) in [5.74, 6) is 0.571. The highest BCUT2D eigenvalue weighted by Crippen LogP contribution is 2.20. The Bertz CT molecular complexity index is 502. The van der Waals surface area contributed by atoms with Crippen molar-refractivity contribution in [3.8, 4) is 5.75 Å². The van der Waals surface area contributed by atoms with Crippen LogP contribution in [0.1, 0.15) is 12.0 Å². The van der Waals surface area contributed by atoms with E-state index in [9.17, 15) is 4.79 Å². The van der Waals surface area contributed by atoms with Crippen molar-refractivity contribution in [2.45, 2.75) is 12.5 Å². The number of oxime groups is 1. The maximum atomic E-state index is 11.8. The standard InChI is InChI=1S/C14H18N2O4/c1-18-7-6-15-14(17)13-9-12(16-20-13)10-4-3-5-11(8-10)19-2/h3-5,8,13H,6-7,9H2,1-2H3,(H,15,17)/t13-/m1/s1. The number of carbonyl (C=O) groups is 1. The minimum atomic E-state index is -0.576. The fourth-order valence-corrected chi connectivity index (χ4v) is 1.88. The Balaban J connectivity index is 1.92. The van der Waals surface area contributed by atoms with Crippen LogP contribution >= 0.6 is 0 Å². The van der Waals surface area contributed by atoms with E-state index in [-0.39, 0.29) is 5.91 Å². The predicted molar refractivity (Wildman–Crippen MR) is 73.9 cm³/mol. The molecule has 6 nitrogen and oxygen atoms in total. The fourth-order valence-electron chi connectivity index (χ4n) is 1.88. The molecule has 0 unspecified atom stereocenters. The zero-order valence-electron chi connectivity index (χ0n) is 11.6. The highest BCUT2D eigenvalue weighted by atomic mass is 16.6. The molecule has 0 aromatic heterocycles. The second-order valence-corrected chi connectivity index (χ2v) is 4.35. The summed E-state index contributed by atoms with van der Waals surface area (Å²) in [7, 11) is 3.19. The van der Waals surface area contributed by atoms with Crippen LogP contribution in [-0.4, -0.2) is 45.1 Å². The minimum absolute atomic E-state index is 0.177. The third kappa shape index (κ3) is 3.48. The first-order valence-corrected chi connectivity index (χ1v) is 6.38. The topological polar surface area (TPSA) is 69.2 Å². The van der Waals surface area contributed by atoms with Crippen molar-refractivity contribution in [3.05, 3.63) is 29.8 Å². The van der Waals surface area contributed by atoms with E-state index in [0.29, 0.717) is 19.6 Å². The van der Waals surface area contributed by atoms with Gasteiger partial charge in [0.25, 0.3) is 5.91 Å². The molecular formula is C14H18N2O4. The van der Waals surface area contributed by atoms with Gasteiger partial charge in [-0.15, -0.1) is 0 Å². The molecule has 0 saturated heterocycles. The van der Waals surface area contributed by atoms with E-state index < -0.39 is 6.10 Å². The SMILES string of the molecule is COCCNC(=O)[C@H]1CC(c2cccc(OC)c2)=NO1. The maximum Gasteiger partial charge on any atom is 0.264 e. The molecule has 1 heterocycles. The second-order valence-electron chi connectivity index (χ2n) is 4.35. The molecule has 1 aliphatic rings. The van der Waals surface area contributed by atoms with Gasteiger partial charge in [0.15, 0.2) is 0 Å². The zero-order chi connectivity index (χ0) is 14.4. The van der Waals surface area contributed by atoms with Crippen LogP contribution in [0, 0.1) is 0 Å². The minimum Gasteiger partial charge on any atom is -0.497 e. The molecule has 0 fully saturated rings. The summed E-state index contributed by atoms with van der Waals surface area (Å²) >= 11 is 0. The van der Waals surface area contributed by atoms with Crippen molar-refractivity contribution in [1.82, 2.24) is 5.32 Å². The lowest BCUT2D eigenvalue weighted by molar-refractivity contribution is -0.131. The van der Waals surface area contributed by atoms with Crippen LogP contribution in [0.25, 0.3) is 0 Å². The van der Waals surface area contributed by atoms with Crippen molar-refractivity contribution >= 4 is 11.6 Å². The zero-order valence-corrected chi connectivity index (χ0v) is 11.6. The summed E-state index contributed by atoms with van der Waals surface area (Å²) in [5.41, 5.74) is 1.65. The van der Waals surface area contributed by atoms with E-state index in [1.165, 1.54) is 0 Å². The van der Waals surface area contributed by atoms with Gasteiger partial charge in [0.05, 0.1) is 19.4 Å². The van der Waals surface area contributed by atoms with Gasteiger partial charge in [-0.2, -0.15) is 0 Å². The number of hydrogen-bond donors (Lipinski definition) is 1. The Morgan fingerprint density at radius 1 is 1.50 bits per heavy atom. The molecule has 20 heavy (non-hydrogen) atoms. The molecule has 0 radical (unpaired) electrons. The smallest absolute Gasteiger partial charge is 0.264 e. The van der Waals surface area contributed by atoms with E-state index in [4.69, 9.17) is 14.3 Å². The predicted octanol–water partition coefficient (Wildman–Crippen LogP) is 0.951. The number of carbonyl (C=O) groups excluding carboxylic acids is 1. The van der Waals surface area contributed by atoms with Crippen LogP contribution in [0.2, 0.25) is 0 Å².